The van der Waals surface area contributed by atoms with Crippen LogP contribution in [-0.2, 0) is 4.79 Å². The van der Waals surface area contributed by atoms with Gasteiger partial charge in [-0.2, -0.15) is 0 Å². The van der Waals surface area contributed by atoms with Crippen molar-refractivity contribution in [2.24, 2.45) is 0 Å². The first-order chi connectivity index (χ1) is 11.1. The maximum absolute atomic E-state index is 12.3. The number of ether oxygens (including phenoxy) is 1. The molecule has 1 aliphatic rings. The Bertz CT molecular complexity index is 484. The molecule has 128 valence electrons. The lowest BCUT2D eigenvalue weighted by Gasteiger charge is -2.32. The fourth-order valence-electron chi connectivity index (χ4n) is 2.77. The first-order valence-electron chi connectivity index (χ1n) is 8.53. The highest BCUT2D eigenvalue weighted by Gasteiger charge is 2.23. The maximum Gasteiger partial charge on any atom is 0.260 e. The number of likely N-dealkylation sites (tertiary alicyclic amines) is 1. The number of amides is 1. The first kappa shape index (κ1) is 18.1. The van der Waals surface area contributed by atoms with Crippen molar-refractivity contribution in [2.45, 2.75) is 51.7 Å². The largest absolute Gasteiger partial charge is 0.481 e. The third kappa shape index (κ3) is 6.04. The zero-order chi connectivity index (χ0) is 16.7. The van der Waals surface area contributed by atoms with Gasteiger partial charge in [-0.15, -0.1) is 0 Å². The summed E-state index contributed by atoms with van der Waals surface area (Å²) in [5, 5.41) is 3.77. The molecule has 0 spiro atoms. The van der Waals surface area contributed by atoms with E-state index in [2.05, 4.69) is 17.1 Å². The number of hydrogen-bond acceptors (Lipinski definition) is 3. The van der Waals surface area contributed by atoms with Gasteiger partial charge in [0, 0.05) is 24.2 Å². The minimum absolute atomic E-state index is 0.0491. The van der Waals surface area contributed by atoms with E-state index in [0.29, 0.717) is 10.8 Å². The molecule has 23 heavy (non-hydrogen) atoms. The van der Waals surface area contributed by atoms with Crippen LogP contribution in [0.3, 0.4) is 0 Å². The molecular weight excluding hydrogens is 312 g/mol. The molecule has 0 bridgehead atoms. The van der Waals surface area contributed by atoms with Crippen molar-refractivity contribution in [1.82, 2.24) is 10.2 Å². The van der Waals surface area contributed by atoms with Gasteiger partial charge in [0.05, 0.1) is 0 Å². The van der Waals surface area contributed by atoms with Crippen LogP contribution in [0.1, 0.15) is 39.5 Å². The maximum atomic E-state index is 12.3. The fourth-order valence-corrected chi connectivity index (χ4v) is 2.90. The van der Waals surface area contributed by atoms with E-state index in [1.54, 1.807) is 31.2 Å². The van der Waals surface area contributed by atoms with Crippen LogP contribution in [0.4, 0.5) is 0 Å². The second-order valence-electron chi connectivity index (χ2n) is 6.19. The smallest absolute Gasteiger partial charge is 0.260 e. The number of nitrogens with one attached hydrogen (secondary N) is 1. The number of nitrogens with zero attached hydrogens (tertiary/aromatic N) is 1. The van der Waals surface area contributed by atoms with Crippen molar-refractivity contribution in [3.05, 3.63) is 29.3 Å². The predicted molar refractivity (Wildman–Crippen MR) is 94.1 cm³/mol. The summed E-state index contributed by atoms with van der Waals surface area (Å²) in [5.41, 5.74) is 0. The Labute approximate surface area is 144 Å². The standard InChI is InChI=1S/C18H27ClN2O2/c1-3-4-11-21-12-9-16(10-13-21)20-18(22)14(2)23-17-7-5-15(19)6-8-17/h5-8,14,16H,3-4,9-13H2,1-2H3,(H,20,22)/t14-/m0/s1. The van der Waals surface area contributed by atoms with E-state index in [9.17, 15) is 4.79 Å². The summed E-state index contributed by atoms with van der Waals surface area (Å²) in [5.74, 6) is 0.610. The van der Waals surface area contributed by atoms with Crippen LogP contribution in [0.5, 0.6) is 5.75 Å². The number of rotatable bonds is 7. The van der Waals surface area contributed by atoms with Crippen LogP contribution in [0.2, 0.25) is 5.02 Å². The summed E-state index contributed by atoms with van der Waals surface area (Å²) in [6.07, 6.45) is 4.01. The quantitative estimate of drug-likeness (QED) is 0.827. The van der Waals surface area contributed by atoms with Gasteiger partial charge in [0.2, 0.25) is 0 Å². The molecule has 1 aliphatic heterocycles. The van der Waals surface area contributed by atoms with Crippen molar-refractivity contribution in [2.75, 3.05) is 19.6 Å². The molecule has 1 N–H and O–H groups in total. The molecule has 1 amide bonds. The van der Waals surface area contributed by atoms with Gasteiger partial charge < -0.3 is 15.0 Å². The van der Waals surface area contributed by atoms with Gasteiger partial charge >= 0.3 is 0 Å². The molecular formula is C18H27ClN2O2. The number of hydrogen-bond donors (Lipinski definition) is 1. The van der Waals surface area contributed by atoms with Crippen molar-refractivity contribution >= 4 is 17.5 Å². The first-order valence-corrected chi connectivity index (χ1v) is 8.91. The van der Waals surface area contributed by atoms with Crippen LogP contribution in [0, 0.1) is 0 Å². The molecule has 0 radical (unpaired) electrons. The van der Waals surface area contributed by atoms with E-state index in [1.165, 1.54) is 19.4 Å². The lowest BCUT2D eigenvalue weighted by atomic mass is 10.0. The van der Waals surface area contributed by atoms with E-state index in [1.807, 2.05) is 0 Å². The Morgan fingerprint density at radius 3 is 2.61 bits per heavy atom. The molecule has 0 aliphatic carbocycles. The van der Waals surface area contributed by atoms with Crippen molar-refractivity contribution in [3.8, 4) is 5.75 Å². The van der Waals surface area contributed by atoms with Gasteiger partial charge in [-0.05, 0) is 57.0 Å². The Morgan fingerprint density at radius 2 is 2.00 bits per heavy atom. The zero-order valence-electron chi connectivity index (χ0n) is 14.1. The molecule has 0 aromatic heterocycles. The predicted octanol–water partition coefficient (Wildman–Crippen LogP) is 3.49. The molecule has 0 saturated carbocycles. The molecule has 1 heterocycles. The van der Waals surface area contributed by atoms with Crippen molar-refractivity contribution in [1.29, 1.82) is 0 Å². The number of benzene rings is 1. The average Bonchev–Trinajstić information content (AvgIpc) is 2.56. The lowest BCUT2D eigenvalue weighted by molar-refractivity contribution is -0.128. The number of carbonyl (C=O) groups excluding carboxylic acids is 1. The van der Waals surface area contributed by atoms with Gasteiger partial charge in [-0.25, -0.2) is 0 Å². The minimum atomic E-state index is -0.505. The van der Waals surface area contributed by atoms with E-state index in [4.69, 9.17) is 16.3 Å². The molecule has 4 nitrogen and oxygen atoms in total. The summed E-state index contributed by atoms with van der Waals surface area (Å²) in [4.78, 5) is 14.7. The highest BCUT2D eigenvalue weighted by Crippen LogP contribution is 2.17. The number of piperidine rings is 1. The lowest BCUT2D eigenvalue weighted by Crippen LogP contribution is -2.48. The van der Waals surface area contributed by atoms with Crippen LogP contribution >= 0.6 is 11.6 Å². The highest BCUT2D eigenvalue weighted by molar-refractivity contribution is 6.30. The molecule has 1 aromatic carbocycles. The van der Waals surface area contributed by atoms with Crippen LogP contribution in [0.15, 0.2) is 24.3 Å². The average molecular weight is 339 g/mol. The summed E-state index contributed by atoms with van der Waals surface area (Å²) in [7, 11) is 0. The molecule has 5 heteroatoms. The third-order valence-corrected chi connectivity index (χ3v) is 4.51. The monoisotopic (exact) mass is 338 g/mol. The number of unbranched alkanes of at least 4 members (excludes halogenated alkanes) is 1. The van der Waals surface area contributed by atoms with E-state index in [-0.39, 0.29) is 11.9 Å². The van der Waals surface area contributed by atoms with E-state index < -0.39 is 6.10 Å². The Balaban J connectivity index is 1.73. The topological polar surface area (TPSA) is 41.6 Å². The fraction of sp³-hybridized carbons (Fsp3) is 0.611. The van der Waals surface area contributed by atoms with Gasteiger partial charge in [0.1, 0.15) is 5.75 Å². The summed E-state index contributed by atoms with van der Waals surface area (Å²) in [6, 6.07) is 7.33. The van der Waals surface area contributed by atoms with E-state index in [0.717, 1.165) is 25.9 Å². The summed E-state index contributed by atoms with van der Waals surface area (Å²) < 4.78 is 5.67. The normalized spacial score (nSPS) is 17.7. The van der Waals surface area contributed by atoms with Crippen LogP contribution in [-0.4, -0.2) is 42.6 Å². The molecule has 1 saturated heterocycles. The van der Waals surface area contributed by atoms with E-state index >= 15 is 0 Å². The second-order valence-corrected chi connectivity index (χ2v) is 6.63. The highest BCUT2D eigenvalue weighted by atomic mass is 35.5. The minimum Gasteiger partial charge on any atom is -0.481 e. The molecule has 1 aromatic rings. The molecule has 1 atom stereocenters. The zero-order valence-corrected chi connectivity index (χ0v) is 14.8. The molecule has 0 unspecified atom stereocenters. The number of carbonyl (C=O) groups is 1. The van der Waals surface area contributed by atoms with Gasteiger partial charge in [0.15, 0.2) is 6.10 Å². The number of halogens is 1. The summed E-state index contributed by atoms with van der Waals surface area (Å²) in [6.45, 7) is 7.30. The second kappa shape index (κ2) is 9.14. The van der Waals surface area contributed by atoms with Gasteiger partial charge in [-0.3, -0.25) is 4.79 Å². The SMILES string of the molecule is CCCCN1CCC(NC(=O)[C@H](C)Oc2ccc(Cl)cc2)CC1. The summed E-state index contributed by atoms with van der Waals surface area (Å²) >= 11 is 5.84. The van der Waals surface area contributed by atoms with Gasteiger partial charge in [-0.1, -0.05) is 24.9 Å². The Morgan fingerprint density at radius 1 is 1.35 bits per heavy atom. The van der Waals surface area contributed by atoms with Crippen LogP contribution < -0.4 is 10.1 Å². The van der Waals surface area contributed by atoms with Gasteiger partial charge in [0.25, 0.3) is 5.91 Å². The molecule has 2 rings (SSSR count). The third-order valence-electron chi connectivity index (χ3n) is 4.26. The Hall–Kier alpha value is -1.26. The van der Waals surface area contributed by atoms with Crippen LogP contribution in [0.25, 0.3) is 0 Å². The van der Waals surface area contributed by atoms with Crippen molar-refractivity contribution < 1.29 is 9.53 Å². The van der Waals surface area contributed by atoms with Crippen molar-refractivity contribution in [3.63, 3.8) is 0 Å². The Kier molecular flexibility index (Phi) is 7.18. The molecule has 1 fully saturated rings.